The molecular weight excluding hydrogens is 579 g/mol. The first-order chi connectivity index (χ1) is 23.6. The Bertz CT molecular complexity index is 2760. The van der Waals surface area contributed by atoms with Crippen LogP contribution < -0.4 is 0 Å². The van der Waals surface area contributed by atoms with Gasteiger partial charge in [0.1, 0.15) is 0 Å². The lowest BCUT2D eigenvalue weighted by Gasteiger charge is -2.21. The zero-order valence-corrected chi connectivity index (χ0v) is 27.0. The fraction of sp³-hybridized carbons (Fsp3) is 0.0638. The lowest BCUT2D eigenvalue weighted by Crippen LogP contribution is -2.14. The van der Waals surface area contributed by atoms with E-state index in [1.54, 1.807) is 0 Å². The Morgan fingerprint density at radius 2 is 0.896 bits per heavy atom. The molecule has 8 aromatic carbocycles. The number of aromatic nitrogens is 1. The minimum Gasteiger partial charge on any atom is -0.353 e. The van der Waals surface area contributed by atoms with E-state index < -0.39 is 0 Å². The fourth-order valence-electron chi connectivity index (χ4n) is 8.46. The van der Waals surface area contributed by atoms with Crippen molar-refractivity contribution in [1.82, 2.24) is 4.98 Å². The van der Waals surface area contributed by atoms with Gasteiger partial charge in [-0.2, -0.15) is 0 Å². The molecule has 1 N–H and O–H groups in total. The molecule has 0 bridgehead atoms. The fourth-order valence-corrected chi connectivity index (χ4v) is 8.46. The predicted octanol–water partition coefficient (Wildman–Crippen LogP) is 13.2. The van der Waals surface area contributed by atoms with Crippen molar-refractivity contribution in [2.45, 2.75) is 19.3 Å². The van der Waals surface area contributed by atoms with Crippen molar-refractivity contribution >= 4 is 43.4 Å². The average Bonchev–Trinajstić information content (AvgIpc) is 3.65. The number of benzene rings is 8. The average molecular weight is 614 g/mol. The minimum atomic E-state index is 0. The van der Waals surface area contributed by atoms with Crippen LogP contribution in [0.3, 0.4) is 0 Å². The lowest BCUT2D eigenvalue weighted by atomic mass is 9.82. The Kier molecular flexibility index (Phi) is 5.69. The molecule has 1 nitrogen and oxygen atoms in total. The molecular formula is C47H35N. The molecule has 10 rings (SSSR count). The van der Waals surface area contributed by atoms with Gasteiger partial charge in [-0.25, -0.2) is 0 Å². The first-order valence-corrected chi connectivity index (χ1v) is 16.9. The lowest BCUT2D eigenvalue weighted by molar-refractivity contribution is 0.660. The van der Waals surface area contributed by atoms with Crippen LogP contribution in [0.4, 0.5) is 0 Å². The number of hydrogen-bond donors (Lipinski definition) is 1. The van der Waals surface area contributed by atoms with Gasteiger partial charge >= 0.3 is 0 Å². The monoisotopic (exact) mass is 613 g/mol. The summed E-state index contributed by atoms with van der Waals surface area (Å²) >= 11 is 0. The molecule has 0 saturated heterocycles. The molecule has 48 heavy (non-hydrogen) atoms. The highest BCUT2D eigenvalue weighted by molar-refractivity contribution is 6.32. The third-order valence-corrected chi connectivity index (χ3v) is 10.8. The van der Waals surface area contributed by atoms with Gasteiger partial charge in [0.2, 0.25) is 0 Å². The van der Waals surface area contributed by atoms with Crippen molar-refractivity contribution < 1.29 is 1.43 Å². The number of hydrogen-bond acceptors (Lipinski definition) is 0. The summed E-state index contributed by atoms with van der Waals surface area (Å²) in [6.45, 7) is 4.68. The quantitative estimate of drug-likeness (QED) is 0.191. The molecule has 1 heterocycles. The van der Waals surface area contributed by atoms with Crippen molar-refractivity contribution in [2.24, 2.45) is 0 Å². The van der Waals surface area contributed by atoms with E-state index in [1.165, 1.54) is 99.0 Å². The normalized spacial score (nSPS) is 13.4. The highest BCUT2D eigenvalue weighted by Gasteiger charge is 2.35. The molecule has 0 fully saturated rings. The summed E-state index contributed by atoms with van der Waals surface area (Å²) in [6, 6.07) is 58.2. The van der Waals surface area contributed by atoms with Gasteiger partial charge in [0, 0.05) is 28.6 Å². The molecule has 0 unspecified atom stereocenters. The molecule has 1 aliphatic carbocycles. The third-order valence-electron chi connectivity index (χ3n) is 10.8. The van der Waals surface area contributed by atoms with Crippen LogP contribution in [0.5, 0.6) is 0 Å². The number of para-hydroxylation sites is 1. The molecule has 228 valence electrons. The highest BCUT2D eigenvalue weighted by atomic mass is 14.7. The van der Waals surface area contributed by atoms with Crippen molar-refractivity contribution in [3.8, 4) is 44.5 Å². The molecule has 1 heteroatoms. The molecule has 0 saturated carbocycles. The largest absolute Gasteiger partial charge is 0.353 e. The summed E-state index contributed by atoms with van der Waals surface area (Å²) in [7, 11) is 0. The van der Waals surface area contributed by atoms with E-state index in [0.717, 1.165) is 0 Å². The topological polar surface area (TPSA) is 15.8 Å². The zero-order chi connectivity index (χ0) is 32.0. The Morgan fingerprint density at radius 3 is 1.67 bits per heavy atom. The van der Waals surface area contributed by atoms with Gasteiger partial charge in [0.05, 0.1) is 11.0 Å². The second kappa shape index (κ2) is 10.0. The van der Waals surface area contributed by atoms with Crippen molar-refractivity contribution in [1.29, 1.82) is 0 Å². The molecule has 1 aromatic heterocycles. The van der Waals surface area contributed by atoms with Gasteiger partial charge in [-0.15, -0.1) is 0 Å². The number of rotatable bonds is 3. The van der Waals surface area contributed by atoms with E-state index >= 15 is 0 Å². The first kappa shape index (κ1) is 27.2. The van der Waals surface area contributed by atoms with Gasteiger partial charge in [-0.05, 0) is 84.4 Å². The Labute approximate surface area is 281 Å². The molecule has 1 aliphatic rings. The summed E-state index contributed by atoms with van der Waals surface area (Å²) in [6.07, 6.45) is 0. The van der Waals surface area contributed by atoms with E-state index in [9.17, 15) is 0 Å². The van der Waals surface area contributed by atoms with Crippen molar-refractivity contribution in [3.05, 3.63) is 169 Å². The van der Waals surface area contributed by atoms with E-state index in [4.69, 9.17) is 0 Å². The number of H-pyrrole nitrogens is 1. The molecule has 0 aliphatic heterocycles. The van der Waals surface area contributed by atoms with Crippen LogP contribution in [0.25, 0.3) is 87.9 Å². The minimum absolute atomic E-state index is 0. The molecule has 0 atom stereocenters. The maximum absolute atomic E-state index is 3.90. The second-order valence-electron chi connectivity index (χ2n) is 13.8. The summed E-state index contributed by atoms with van der Waals surface area (Å²) in [4.78, 5) is 3.90. The van der Waals surface area contributed by atoms with Crippen LogP contribution in [-0.4, -0.2) is 4.98 Å². The SMILES string of the molecule is CC1(C)c2ccccc2-c2cc(-c3cccc(-c4cccc(-c5cccc6c5[nH]c5c7ccccc7c7ccccc7c65)c4)c3)ccc21.[HH]. The smallest absolute Gasteiger partial charge is 0.0551 e. The van der Waals surface area contributed by atoms with Crippen LogP contribution in [0.2, 0.25) is 0 Å². The predicted molar refractivity (Wildman–Crippen MR) is 207 cm³/mol. The third kappa shape index (κ3) is 3.85. The standard InChI is InChI=1S/C47H33N.H2/c1-47(2)42-23-8-7-18-37(42)41-28-32(24-25-43(41)47)30-13-9-12-29(26-30)31-14-10-15-33(27-31)34-21-11-22-40-44-38-19-5-3-16-35(38)36-17-4-6-20-39(36)46(44)48-45(34)40;/h3-28,48H,1-2H3;1H. The number of fused-ring (bicyclic) bond motifs is 11. The maximum Gasteiger partial charge on any atom is 0.0551 e. The van der Waals surface area contributed by atoms with Crippen LogP contribution >= 0.6 is 0 Å². The number of aromatic amines is 1. The Morgan fingerprint density at radius 1 is 0.375 bits per heavy atom. The molecule has 0 spiro atoms. The molecule has 0 amide bonds. The van der Waals surface area contributed by atoms with Gasteiger partial charge in [0.15, 0.2) is 0 Å². The van der Waals surface area contributed by atoms with Crippen molar-refractivity contribution in [2.75, 3.05) is 0 Å². The van der Waals surface area contributed by atoms with Gasteiger partial charge in [0.25, 0.3) is 0 Å². The van der Waals surface area contributed by atoms with Gasteiger partial charge in [-0.3, -0.25) is 0 Å². The van der Waals surface area contributed by atoms with Gasteiger partial charge < -0.3 is 4.98 Å². The zero-order valence-electron chi connectivity index (χ0n) is 27.0. The van der Waals surface area contributed by atoms with Crippen LogP contribution in [-0.2, 0) is 5.41 Å². The number of nitrogens with one attached hydrogen (secondary N) is 1. The van der Waals surface area contributed by atoms with E-state index in [0.29, 0.717) is 0 Å². The van der Waals surface area contributed by atoms with Crippen molar-refractivity contribution in [3.63, 3.8) is 0 Å². The Hall–Kier alpha value is -5.92. The van der Waals surface area contributed by atoms with Crippen LogP contribution in [0.15, 0.2) is 158 Å². The maximum atomic E-state index is 3.90. The van der Waals surface area contributed by atoms with Crippen LogP contribution in [0.1, 0.15) is 26.4 Å². The van der Waals surface area contributed by atoms with E-state index in [2.05, 4.69) is 177 Å². The van der Waals surface area contributed by atoms with E-state index in [-0.39, 0.29) is 6.84 Å². The van der Waals surface area contributed by atoms with Gasteiger partial charge in [-0.1, -0.05) is 153 Å². The molecule has 0 radical (unpaired) electrons. The highest BCUT2D eigenvalue weighted by Crippen LogP contribution is 2.49. The second-order valence-corrected chi connectivity index (χ2v) is 13.8. The summed E-state index contributed by atoms with van der Waals surface area (Å²) in [5.74, 6) is 0. The summed E-state index contributed by atoms with van der Waals surface area (Å²) in [5, 5.41) is 7.69. The Balaban J connectivity index is 0.00000325. The first-order valence-electron chi connectivity index (χ1n) is 16.9. The van der Waals surface area contributed by atoms with E-state index in [1.807, 2.05) is 0 Å². The molecule has 9 aromatic rings. The van der Waals surface area contributed by atoms with Crippen LogP contribution in [0, 0.1) is 0 Å². The summed E-state index contributed by atoms with van der Waals surface area (Å²) < 4.78 is 0. The summed E-state index contributed by atoms with van der Waals surface area (Å²) in [5.41, 5.74) is 15.3.